The van der Waals surface area contributed by atoms with Gasteiger partial charge in [0, 0.05) is 18.0 Å². The largest absolute Gasteiger partial charge is 0.481 e. The number of rotatable bonds is 9. The summed E-state index contributed by atoms with van der Waals surface area (Å²) in [5, 5.41) is 13.7. The minimum Gasteiger partial charge on any atom is -0.481 e. The van der Waals surface area contributed by atoms with Gasteiger partial charge in [-0.05, 0) is 53.4 Å². The molecule has 1 aliphatic heterocycles. The topological polar surface area (TPSA) is 124 Å². The summed E-state index contributed by atoms with van der Waals surface area (Å²) >= 11 is 1.33. The van der Waals surface area contributed by atoms with Crippen LogP contribution in [-0.4, -0.2) is 59.8 Å². The highest BCUT2D eigenvalue weighted by atomic mass is 32.2. The predicted octanol–water partition coefficient (Wildman–Crippen LogP) is 2.76. The van der Waals surface area contributed by atoms with Crippen molar-refractivity contribution in [3.63, 3.8) is 0 Å². The van der Waals surface area contributed by atoms with Crippen LogP contribution in [0.2, 0.25) is 0 Å². The van der Waals surface area contributed by atoms with Crippen LogP contribution in [0.5, 0.6) is 0 Å². The first-order valence-electron chi connectivity index (χ1n) is 11.4. The van der Waals surface area contributed by atoms with Crippen LogP contribution in [0.4, 0.5) is 8.78 Å². The molecule has 2 heterocycles. The Morgan fingerprint density at radius 2 is 1.63 bits per heavy atom. The molecule has 0 aliphatic carbocycles. The second-order valence-corrected chi connectivity index (χ2v) is 11.4. The van der Waals surface area contributed by atoms with Gasteiger partial charge in [-0.15, -0.1) is 11.3 Å². The molecule has 38 heavy (non-hydrogen) atoms. The normalized spacial score (nSPS) is 16.8. The number of hydrogen-bond acceptors (Lipinski definition) is 6. The minimum atomic E-state index is -4.36. The number of nitrogens with zero attached hydrogens (tertiary/aromatic N) is 2. The zero-order chi connectivity index (χ0) is 27.4. The van der Waals surface area contributed by atoms with Gasteiger partial charge >= 0.3 is 5.97 Å². The highest BCUT2D eigenvalue weighted by molar-refractivity contribution is 7.89. The fourth-order valence-electron chi connectivity index (χ4n) is 4.17. The molecule has 1 saturated heterocycles. The van der Waals surface area contributed by atoms with E-state index in [-0.39, 0.29) is 30.0 Å². The van der Waals surface area contributed by atoms with Gasteiger partial charge in [-0.25, -0.2) is 17.2 Å². The fraction of sp³-hybridized carbons (Fsp3) is 0.240. The molecule has 1 aliphatic rings. The van der Waals surface area contributed by atoms with Gasteiger partial charge in [0.15, 0.2) is 6.17 Å². The lowest BCUT2D eigenvalue weighted by atomic mass is 10.0. The van der Waals surface area contributed by atoms with Crippen molar-refractivity contribution in [3.8, 4) is 0 Å². The van der Waals surface area contributed by atoms with E-state index in [2.05, 4.69) is 5.32 Å². The lowest BCUT2D eigenvalue weighted by Crippen LogP contribution is -2.54. The molecule has 2 N–H and O–H groups in total. The Balaban J connectivity index is 1.68. The fourth-order valence-corrected chi connectivity index (χ4v) is 6.41. The number of carbonyl (C=O) groups is 3. The molecule has 4 rings (SSSR count). The van der Waals surface area contributed by atoms with Crippen LogP contribution in [0.25, 0.3) is 0 Å². The van der Waals surface area contributed by atoms with Crippen molar-refractivity contribution in [1.82, 2.24) is 14.5 Å². The number of thiophene rings is 1. The summed E-state index contributed by atoms with van der Waals surface area (Å²) in [5.41, 5.74) is 0.282. The summed E-state index contributed by atoms with van der Waals surface area (Å²) in [6.45, 7) is -0.309. The Bertz CT molecular complexity index is 1410. The number of halogens is 2. The SMILES string of the molecule is O=C(O)CC(NC(=O)C1N(C(=O)Cc2cccs2)CCN1S(=O)(=O)c1ccc(F)cc1)c1ccc(F)cc1. The number of nitrogens with one attached hydrogen (secondary N) is 1. The monoisotopic (exact) mass is 563 g/mol. The van der Waals surface area contributed by atoms with E-state index >= 15 is 0 Å². The Kier molecular flexibility index (Phi) is 8.19. The number of benzene rings is 2. The highest BCUT2D eigenvalue weighted by Gasteiger charge is 2.47. The molecule has 0 radical (unpaired) electrons. The maximum absolute atomic E-state index is 13.6. The molecule has 13 heteroatoms. The van der Waals surface area contributed by atoms with E-state index in [1.807, 2.05) is 0 Å². The van der Waals surface area contributed by atoms with Crippen molar-refractivity contribution in [1.29, 1.82) is 0 Å². The van der Waals surface area contributed by atoms with Crippen LogP contribution in [-0.2, 0) is 30.8 Å². The Hall–Kier alpha value is -3.68. The van der Waals surface area contributed by atoms with E-state index in [4.69, 9.17) is 0 Å². The molecule has 3 aromatic rings. The summed E-state index contributed by atoms with van der Waals surface area (Å²) < 4.78 is 54.7. The van der Waals surface area contributed by atoms with Crippen molar-refractivity contribution >= 4 is 39.1 Å². The molecule has 2 aromatic carbocycles. The van der Waals surface area contributed by atoms with Crippen molar-refractivity contribution < 1.29 is 36.7 Å². The minimum absolute atomic E-state index is 0.0671. The van der Waals surface area contributed by atoms with Crippen LogP contribution in [0, 0.1) is 11.6 Å². The summed E-state index contributed by atoms with van der Waals surface area (Å²) in [4.78, 5) is 39.9. The van der Waals surface area contributed by atoms with Crippen molar-refractivity contribution in [2.24, 2.45) is 0 Å². The number of carbonyl (C=O) groups excluding carboxylic acids is 2. The lowest BCUT2D eigenvalue weighted by Gasteiger charge is -2.30. The van der Waals surface area contributed by atoms with Crippen LogP contribution in [0.15, 0.2) is 70.9 Å². The molecule has 0 saturated carbocycles. The maximum Gasteiger partial charge on any atom is 0.305 e. The van der Waals surface area contributed by atoms with Gasteiger partial charge in [0.05, 0.1) is 23.8 Å². The summed E-state index contributed by atoms with van der Waals surface area (Å²) in [6.07, 6.45) is -2.27. The average Bonchev–Trinajstić information content (AvgIpc) is 3.54. The van der Waals surface area contributed by atoms with E-state index in [0.717, 1.165) is 45.6 Å². The number of aliphatic carboxylic acids is 1. The molecule has 2 unspecified atom stereocenters. The van der Waals surface area contributed by atoms with Crippen LogP contribution < -0.4 is 5.32 Å². The van der Waals surface area contributed by atoms with Gasteiger partial charge in [-0.3, -0.25) is 14.4 Å². The van der Waals surface area contributed by atoms with E-state index < -0.39 is 58.1 Å². The number of hydrogen-bond donors (Lipinski definition) is 2. The van der Waals surface area contributed by atoms with Crippen molar-refractivity contribution in [2.45, 2.75) is 29.9 Å². The van der Waals surface area contributed by atoms with E-state index in [0.29, 0.717) is 4.88 Å². The zero-order valence-corrected chi connectivity index (χ0v) is 21.4. The van der Waals surface area contributed by atoms with Gasteiger partial charge in [0.2, 0.25) is 15.9 Å². The van der Waals surface area contributed by atoms with E-state index in [9.17, 15) is 36.7 Å². The van der Waals surface area contributed by atoms with E-state index in [1.165, 1.54) is 23.5 Å². The number of amides is 2. The van der Waals surface area contributed by atoms with Gasteiger partial charge in [-0.2, -0.15) is 4.31 Å². The summed E-state index contributed by atoms with van der Waals surface area (Å²) in [6, 6.07) is 11.2. The number of sulfonamides is 1. The molecule has 2 amide bonds. The molecule has 200 valence electrons. The van der Waals surface area contributed by atoms with Gasteiger partial charge in [0.1, 0.15) is 11.6 Å². The van der Waals surface area contributed by atoms with Crippen LogP contribution >= 0.6 is 11.3 Å². The maximum atomic E-state index is 13.6. The van der Waals surface area contributed by atoms with Crippen molar-refractivity contribution in [3.05, 3.63) is 88.1 Å². The van der Waals surface area contributed by atoms with Crippen molar-refractivity contribution in [2.75, 3.05) is 13.1 Å². The summed E-state index contributed by atoms with van der Waals surface area (Å²) in [5.74, 6) is -3.90. The average molecular weight is 564 g/mol. The second-order valence-electron chi connectivity index (χ2n) is 8.50. The first-order valence-corrected chi connectivity index (χ1v) is 13.7. The molecular weight excluding hydrogens is 540 g/mol. The Labute approximate surface area is 221 Å². The number of carboxylic acid groups (broad SMARTS) is 1. The van der Waals surface area contributed by atoms with Crippen LogP contribution in [0.1, 0.15) is 22.9 Å². The third-order valence-electron chi connectivity index (χ3n) is 5.98. The standard InChI is InChI=1S/C25H23F2N3O6S2/c26-17-5-3-16(4-6-17)21(15-23(32)33)28-24(34)25-29(22(31)14-19-2-1-13-37-19)11-12-30(25)38(35,36)20-9-7-18(27)8-10-20/h1-10,13,21,25H,11-12,14-15H2,(H,28,34)(H,32,33). The number of carboxylic acids is 1. The molecule has 2 atom stereocenters. The first-order chi connectivity index (χ1) is 18.1. The second kappa shape index (κ2) is 11.4. The smallest absolute Gasteiger partial charge is 0.305 e. The Morgan fingerprint density at radius 1 is 1.00 bits per heavy atom. The zero-order valence-electron chi connectivity index (χ0n) is 19.8. The van der Waals surface area contributed by atoms with E-state index in [1.54, 1.807) is 17.5 Å². The molecule has 0 bridgehead atoms. The molecular formula is C25H23F2N3O6S2. The molecule has 0 spiro atoms. The predicted molar refractivity (Wildman–Crippen MR) is 133 cm³/mol. The molecule has 9 nitrogen and oxygen atoms in total. The highest BCUT2D eigenvalue weighted by Crippen LogP contribution is 2.27. The molecule has 1 aromatic heterocycles. The Morgan fingerprint density at radius 3 is 2.21 bits per heavy atom. The van der Waals surface area contributed by atoms with Gasteiger partial charge in [0.25, 0.3) is 5.91 Å². The lowest BCUT2D eigenvalue weighted by molar-refractivity contribution is -0.141. The summed E-state index contributed by atoms with van der Waals surface area (Å²) in [7, 11) is -4.36. The third kappa shape index (κ3) is 6.06. The van der Waals surface area contributed by atoms with Gasteiger partial charge < -0.3 is 15.3 Å². The van der Waals surface area contributed by atoms with Gasteiger partial charge in [-0.1, -0.05) is 18.2 Å². The first kappa shape index (κ1) is 27.4. The third-order valence-corrected chi connectivity index (χ3v) is 8.72. The molecule has 1 fully saturated rings. The van der Waals surface area contributed by atoms with Crippen LogP contribution in [0.3, 0.4) is 0 Å². The quantitative estimate of drug-likeness (QED) is 0.413.